The fourth-order valence-corrected chi connectivity index (χ4v) is 2.53. The first-order chi connectivity index (χ1) is 12.0. The maximum Gasteiger partial charge on any atom is 0.262 e. The number of rotatable bonds is 5. The molecule has 0 spiro atoms. The Hall–Kier alpha value is -3.28. The van der Waals surface area contributed by atoms with E-state index in [0.29, 0.717) is 17.0 Å². The van der Waals surface area contributed by atoms with Gasteiger partial charge in [-0.15, -0.1) is 0 Å². The van der Waals surface area contributed by atoms with Gasteiger partial charge in [0, 0.05) is 17.1 Å². The number of aryl methyl sites for hydroxylation is 1. The van der Waals surface area contributed by atoms with Gasteiger partial charge in [-0.25, -0.2) is 0 Å². The molecule has 0 unspecified atom stereocenters. The van der Waals surface area contributed by atoms with Crippen LogP contribution in [0.5, 0.6) is 11.5 Å². The summed E-state index contributed by atoms with van der Waals surface area (Å²) in [5.41, 5.74) is 1.99. The highest BCUT2D eigenvalue weighted by atomic mass is 16.5. The van der Waals surface area contributed by atoms with Crippen LogP contribution in [0, 0.1) is 6.92 Å². The predicted molar refractivity (Wildman–Crippen MR) is 96.4 cm³/mol. The average Bonchev–Trinajstić information content (AvgIpc) is 2.60. The number of carbonyl (C=O) groups is 1. The molecule has 6 nitrogen and oxygen atoms in total. The Labute approximate surface area is 144 Å². The number of ether oxygens (including phenoxy) is 2. The molecule has 0 saturated heterocycles. The molecular weight excluding hydrogens is 320 g/mol. The van der Waals surface area contributed by atoms with Gasteiger partial charge in [0.1, 0.15) is 11.5 Å². The van der Waals surface area contributed by atoms with Gasteiger partial charge in [0.25, 0.3) is 5.91 Å². The summed E-state index contributed by atoms with van der Waals surface area (Å²) in [4.78, 5) is 26.4. The second kappa shape index (κ2) is 7.09. The molecule has 0 aliphatic heterocycles. The summed E-state index contributed by atoms with van der Waals surface area (Å²) in [5.74, 6) is 1.01. The van der Waals surface area contributed by atoms with Crippen LogP contribution in [-0.4, -0.2) is 24.6 Å². The molecule has 0 aliphatic carbocycles. The second-order valence-electron chi connectivity index (χ2n) is 5.59. The van der Waals surface area contributed by atoms with Crippen molar-refractivity contribution in [1.82, 2.24) is 4.98 Å². The number of carbonyl (C=O) groups excluding carboxylic acids is 1. The van der Waals surface area contributed by atoms with E-state index < -0.39 is 0 Å². The van der Waals surface area contributed by atoms with Gasteiger partial charge in [-0.3, -0.25) is 9.59 Å². The standard InChI is InChI=1S/C19H18N2O4/c1-12-9-18(22)21-17-10-13(3-8-16(12)17)20-19(23)11-25-15-6-4-14(24-2)5-7-15/h3-10H,11H2,1-2H3,(H,20,23)(H,21,22). The van der Waals surface area contributed by atoms with Crippen LogP contribution >= 0.6 is 0 Å². The van der Waals surface area contributed by atoms with Gasteiger partial charge in [-0.1, -0.05) is 6.07 Å². The third-order valence-corrected chi connectivity index (χ3v) is 3.76. The van der Waals surface area contributed by atoms with Crippen LogP contribution in [0.3, 0.4) is 0 Å². The first kappa shape index (κ1) is 16.6. The lowest BCUT2D eigenvalue weighted by atomic mass is 10.1. The molecule has 1 heterocycles. The van der Waals surface area contributed by atoms with Crippen LogP contribution in [0.15, 0.2) is 53.3 Å². The molecule has 6 heteroatoms. The number of methoxy groups -OCH3 is 1. The number of anilines is 1. The summed E-state index contributed by atoms with van der Waals surface area (Å²) in [7, 11) is 1.58. The second-order valence-corrected chi connectivity index (χ2v) is 5.59. The number of hydrogen-bond donors (Lipinski definition) is 2. The Morgan fingerprint density at radius 3 is 2.52 bits per heavy atom. The number of amides is 1. The molecule has 0 radical (unpaired) electrons. The van der Waals surface area contributed by atoms with Crippen molar-refractivity contribution >= 4 is 22.5 Å². The van der Waals surface area contributed by atoms with Crippen molar-refractivity contribution in [3.05, 3.63) is 64.4 Å². The van der Waals surface area contributed by atoms with Crippen LogP contribution in [0.4, 0.5) is 5.69 Å². The lowest BCUT2D eigenvalue weighted by Crippen LogP contribution is -2.20. The van der Waals surface area contributed by atoms with Gasteiger partial charge in [-0.05, 0) is 48.9 Å². The van der Waals surface area contributed by atoms with Crippen molar-refractivity contribution in [2.24, 2.45) is 0 Å². The third kappa shape index (κ3) is 3.98. The maximum absolute atomic E-state index is 12.0. The predicted octanol–water partition coefficient (Wildman–Crippen LogP) is 2.86. The third-order valence-electron chi connectivity index (χ3n) is 3.76. The first-order valence-corrected chi connectivity index (χ1v) is 7.75. The van der Waals surface area contributed by atoms with Crippen molar-refractivity contribution in [3.63, 3.8) is 0 Å². The molecular formula is C19H18N2O4. The van der Waals surface area contributed by atoms with Crippen LogP contribution in [-0.2, 0) is 4.79 Å². The summed E-state index contributed by atoms with van der Waals surface area (Å²) in [6, 6.07) is 13.9. The van der Waals surface area contributed by atoms with Crippen LogP contribution < -0.4 is 20.3 Å². The Bertz CT molecular complexity index is 961. The van der Waals surface area contributed by atoms with E-state index in [-0.39, 0.29) is 18.1 Å². The van der Waals surface area contributed by atoms with Gasteiger partial charge in [0.05, 0.1) is 12.6 Å². The summed E-state index contributed by atoms with van der Waals surface area (Å²) in [6.07, 6.45) is 0. The molecule has 2 aromatic carbocycles. The number of H-pyrrole nitrogens is 1. The minimum absolute atomic E-state index is 0.116. The van der Waals surface area contributed by atoms with Crippen molar-refractivity contribution in [3.8, 4) is 11.5 Å². The van der Waals surface area contributed by atoms with Crippen LogP contribution in [0.25, 0.3) is 10.9 Å². The minimum Gasteiger partial charge on any atom is -0.497 e. The first-order valence-electron chi connectivity index (χ1n) is 7.75. The molecule has 0 atom stereocenters. The SMILES string of the molecule is COc1ccc(OCC(=O)Nc2ccc3c(C)cc(=O)[nH]c3c2)cc1. The van der Waals surface area contributed by atoms with Gasteiger partial charge < -0.3 is 19.8 Å². The number of hydrogen-bond acceptors (Lipinski definition) is 4. The highest BCUT2D eigenvalue weighted by Crippen LogP contribution is 2.19. The van der Waals surface area contributed by atoms with Crippen LogP contribution in [0.1, 0.15) is 5.56 Å². The molecule has 128 valence electrons. The van der Waals surface area contributed by atoms with Crippen molar-refractivity contribution < 1.29 is 14.3 Å². The summed E-state index contributed by atoms with van der Waals surface area (Å²) in [6.45, 7) is 1.76. The summed E-state index contributed by atoms with van der Waals surface area (Å²) >= 11 is 0. The number of benzene rings is 2. The van der Waals surface area contributed by atoms with E-state index in [2.05, 4.69) is 10.3 Å². The van der Waals surface area contributed by atoms with E-state index in [0.717, 1.165) is 16.7 Å². The lowest BCUT2D eigenvalue weighted by molar-refractivity contribution is -0.118. The number of fused-ring (bicyclic) bond motifs is 1. The Balaban J connectivity index is 1.66. The monoisotopic (exact) mass is 338 g/mol. The lowest BCUT2D eigenvalue weighted by Gasteiger charge is -2.09. The largest absolute Gasteiger partial charge is 0.497 e. The number of pyridine rings is 1. The maximum atomic E-state index is 12.0. The fourth-order valence-electron chi connectivity index (χ4n) is 2.53. The van der Waals surface area contributed by atoms with Crippen molar-refractivity contribution in [2.75, 3.05) is 19.0 Å². The Morgan fingerprint density at radius 1 is 1.08 bits per heavy atom. The fraction of sp³-hybridized carbons (Fsp3) is 0.158. The van der Waals surface area contributed by atoms with Crippen molar-refractivity contribution in [1.29, 1.82) is 0 Å². The Morgan fingerprint density at radius 2 is 1.80 bits per heavy atom. The topological polar surface area (TPSA) is 80.4 Å². The molecule has 2 N–H and O–H groups in total. The molecule has 0 fully saturated rings. The van der Waals surface area contributed by atoms with E-state index in [1.807, 2.05) is 13.0 Å². The highest BCUT2D eigenvalue weighted by molar-refractivity contribution is 5.94. The summed E-state index contributed by atoms with van der Waals surface area (Å²) < 4.78 is 10.5. The molecule has 0 aliphatic rings. The molecule has 3 rings (SSSR count). The molecule has 3 aromatic rings. The smallest absolute Gasteiger partial charge is 0.262 e. The van der Waals surface area contributed by atoms with E-state index >= 15 is 0 Å². The molecule has 1 aromatic heterocycles. The van der Waals surface area contributed by atoms with E-state index in [4.69, 9.17) is 9.47 Å². The summed E-state index contributed by atoms with van der Waals surface area (Å²) in [5, 5.41) is 3.69. The number of aromatic nitrogens is 1. The molecule has 0 saturated carbocycles. The number of nitrogens with one attached hydrogen (secondary N) is 2. The van der Waals surface area contributed by atoms with E-state index in [1.54, 1.807) is 49.6 Å². The minimum atomic E-state index is -0.287. The Kier molecular flexibility index (Phi) is 4.70. The average molecular weight is 338 g/mol. The van der Waals surface area contributed by atoms with Gasteiger partial charge in [0.15, 0.2) is 6.61 Å². The van der Waals surface area contributed by atoms with Gasteiger partial charge in [0.2, 0.25) is 5.56 Å². The van der Waals surface area contributed by atoms with E-state index in [1.165, 1.54) is 0 Å². The zero-order valence-corrected chi connectivity index (χ0v) is 14.0. The zero-order valence-electron chi connectivity index (χ0n) is 14.0. The highest BCUT2D eigenvalue weighted by Gasteiger charge is 2.06. The normalized spacial score (nSPS) is 10.5. The number of aromatic amines is 1. The van der Waals surface area contributed by atoms with Gasteiger partial charge >= 0.3 is 0 Å². The molecule has 25 heavy (non-hydrogen) atoms. The molecule has 1 amide bonds. The quantitative estimate of drug-likeness (QED) is 0.750. The van der Waals surface area contributed by atoms with Crippen LogP contribution in [0.2, 0.25) is 0 Å². The zero-order chi connectivity index (χ0) is 17.8. The van der Waals surface area contributed by atoms with Crippen molar-refractivity contribution in [2.45, 2.75) is 6.92 Å². The van der Waals surface area contributed by atoms with Gasteiger partial charge in [-0.2, -0.15) is 0 Å². The molecule has 0 bridgehead atoms. The van der Waals surface area contributed by atoms with E-state index in [9.17, 15) is 9.59 Å².